The largest absolute Gasteiger partial charge is 0.356 e. The zero-order valence-electron chi connectivity index (χ0n) is 9.51. The lowest BCUT2D eigenvalue weighted by molar-refractivity contribution is -0.120. The van der Waals surface area contributed by atoms with Crippen molar-refractivity contribution in [1.82, 2.24) is 15.3 Å². The zero-order valence-corrected chi connectivity index (χ0v) is 10.3. The van der Waals surface area contributed by atoms with Gasteiger partial charge in [0.1, 0.15) is 5.01 Å². The smallest absolute Gasteiger partial charge is 0.226 e. The molecule has 2 aromatic rings. The molecule has 1 N–H and O–H groups in total. The average Bonchev–Trinajstić information content (AvgIpc) is 2.79. The predicted octanol–water partition coefficient (Wildman–Crippen LogP) is 1.88. The Morgan fingerprint density at radius 2 is 2.41 bits per heavy atom. The van der Waals surface area contributed by atoms with Gasteiger partial charge in [-0.15, -0.1) is 11.3 Å². The molecule has 0 saturated carbocycles. The van der Waals surface area contributed by atoms with E-state index < -0.39 is 0 Å². The molecular formula is C12H13N3OS. The Bertz CT molecular complexity index is 495. The normalized spacial score (nSPS) is 10.2. The fourth-order valence-electron chi connectivity index (χ4n) is 1.43. The second kappa shape index (κ2) is 5.54. The van der Waals surface area contributed by atoms with Gasteiger partial charge < -0.3 is 5.32 Å². The number of nitrogens with zero attached hydrogens (tertiary/aromatic N) is 2. The molecule has 17 heavy (non-hydrogen) atoms. The standard InChI is InChI=1S/C12H13N3OS/c1-2-14-11(16)6-10-8-17-12(15-10)9-4-3-5-13-7-9/h3-5,7-8H,2,6H2,1H3,(H,14,16). The van der Waals surface area contributed by atoms with Crippen LogP contribution in [0.3, 0.4) is 0 Å². The minimum Gasteiger partial charge on any atom is -0.356 e. The van der Waals surface area contributed by atoms with Crippen molar-refractivity contribution in [3.8, 4) is 10.6 Å². The van der Waals surface area contributed by atoms with Crippen LogP contribution in [0, 0.1) is 0 Å². The minimum atomic E-state index is 0.00976. The Hall–Kier alpha value is -1.75. The molecule has 5 heteroatoms. The monoisotopic (exact) mass is 247 g/mol. The summed E-state index contributed by atoms with van der Waals surface area (Å²) < 4.78 is 0. The molecule has 0 aliphatic heterocycles. The van der Waals surface area contributed by atoms with Crippen molar-refractivity contribution in [1.29, 1.82) is 0 Å². The molecule has 88 valence electrons. The molecule has 0 aliphatic rings. The summed E-state index contributed by atoms with van der Waals surface area (Å²) in [5, 5.41) is 5.57. The third kappa shape index (κ3) is 3.10. The fourth-order valence-corrected chi connectivity index (χ4v) is 2.24. The van der Waals surface area contributed by atoms with Crippen LogP contribution in [0.25, 0.3) is 10.6 Å². The van der Waals surface area contributed by atoms with Crippen LogP contribution in [-0.2, 0) is 11.2 Å². The van der Waals surface area contributed by atoms with E-state index in [4.69, 9.17) is 0 Å². The minimum absolute atomic E-state index is 0.00976. The molecule has 0 saturated heterocycles. The van der Waals surface area contributed by atoms with Gasteiger partial charge in [0.25, 0.3) is 0 Å². The van der Waals surface area contributed by atoms with Gasteiger partial charge in [-0.1, -0.05) is 0 Å². The topological polar surface area (TPSA) is 54.9 Å². The van der Waals surface area contributed by atoms with Crippen LogP contribution >= 0.6 is 11.3 Å². The molecule has 2 aromatic heterocycles. The lowest BCUT2D eigenvalue weighted by Gasteiger charge is -1.98. The van der Waals surface area contributed by atoms with E-state index in [9.17, 15) is 4.79 Å². The number of thiazole rings is 1. The molecule has 4 nitrogen and oxygen atoms in total. The maximum absolute atomic E-state index is 11.4. The van der Waals surface area contributed by atoms with E-state index >= 15 is 0 Å². The summed E-state index contributed by atoms with van der Waals surface area (Å²) in [6.07, 6.45) is 3.84. The van der Waals surface area contributed by atoms with E-state index in [2.05, 4.69) is 15.3 Å². The Labute approximate surface area is 104 Å². The molecule has 0 bridgehead atoms. The Morgan fingerprint density at radius 1 is 1.53 bits per heavy atom. The van der Waals surface area contributed by atoms with Crippen LogP contribution < -0.4 is 5.32 Å². The van der Waals surface area contributed by atoms with Crippen LogP contribution in [0.4, 0.5) is 0 Å². The van der Waals surface area contributed by atoms with Crippen molar-refractivity contribution >= 4 is 17.2 Å². The number of hydrogen-bond acceptors (Lipinski definition) is 4. The Balaban J connectivity index is 2.09. The van der Waals surface area contributed by atoms with Gasteiger partial charge in [-0.25, -0.2) is 4.98 Å². The second-order valence-corrected chi connectivity index (χ2v) is 4.37. The number of likely N-dealkylation sites (N-methyl/N-ethyl adjacent to an activating group) is 1. The third-order valence-corrected chi connectivity index (χ3v) is 3.12. The molecule has 0 radical (unpaired) electrons. The van der Waals surface area contributed by atoms with Crippen LogP contribution in [0.1, 0.15) is 12.6 Å². The maximum Gasteiger partial charge on any atom is 0.226 e. The van der Waals surface area contributed by atoms with E-state index in [0.29, 0.717) is 13.0 Å². The average molecular weight is 247 g/mol. The summed E-state index contributed by atoms with van der Waals surface area (Å²) in [6, 6.07) is 3.84. The number of carbonyl (C=O) groups is 1. The summed E-state index contributed by atoms with van der Waals surface area (Å²) in [5.74, 6) is 0.00976. The number of carbonyl (C=O) groups excluding carboxylic acids is 1. The zero-order chi connectivity index (χ0) is 12.1. The van der Waals surface area contributed by atoms with Crippen molar-refractivity contribution in [3.05, 3.63) is 35.6 Å². The fraction of sp³-hybridized carbons (Fsp3) is 0.250. The highest BCUT2D eigenvalue weighted by molar-refractivity contribution is 7.13. The van der Waals surface area contributed by atoms with E-state index in [-0.39, 0.29) is 5.91 Å². The molecule has 1 amide bonds. The molecule has 0 atom stereocenters. The lowest BCUT2D eigenvalue weighted by Crippen LogP contribution is -2.24. The van der Waals surface area contributed by atoms with Crippen LogP contribution in [0.5, 0.6) is 0 Å². The van der Waals surface area contributed by atoms with Crippen molar-refractivity contribution < 1.29 is 4.79 Å². The van der Waals surface area contributed by atoms with Gasteiger partial charge in [-0.2, -0.15) is 0 Å². The van der Waals surface area contributed by atoms with E-state index in [1.165, 1.54) is 11.3 Å². The Kier molecular flexibility index (Phi) is 3.82. The quantitative estimate of drug-likeness (QED) is 0.897. The summed E-state index contributed by atoms with van der Waals surface area (Å²) in [7, 11) is 0. The third-order valence-electron chi connectivity index (χ3n) is 2.18. The number of rotatable bonds is 4. The van der Waals surface area contributed by atoms with E-state index in [0.717, 1.165) is 16.3 Å². The number of hydrogen-bond donors (Lipinski definition) is 1. The van der Waals surface area contributed by atoms with Crippen molar-refractivity contribution in [2.75, 3.05) is 6.54 Å². The van der Waals surface area contributed by atoms with E-state index in [1.807, 2.05) is 24.4 Å². The number of aromatic nitrogens is 2. The van der Waals surface area contributed by atoms with Gasteiger partial charge in [-0.05, 0) is 19.1 Å². The van der Waals surface area contributed by atoms with Gasteiger partial charge in [0.15, 0.2) is 0 Å². The molecule has 2 rings (SSSR count). The van der Waals surface area contributed by atoms with Crippen LogP contribution in [-0.4, -0.2) is 22.4 Å². The number of nitrogens with one attached hydrogen (secondary N) is 1. The van der Waals surface area contributed by atoms with Gasteiger partial charge in [0.2, 0.25) is 5.91 Å². The summed E-state index contributed by atoms with van der Waals surface area (Å²) in [4.78, 5) is 19.9. The summed E-state index contributed by atoms with van der Waals surface area (Å²) in [5.41, 5.74) is 1.79. The van der Waals surface area contributed by atoms with Crippen molar-refractivity contribution in [2.24, 2.45) is 0 Å². The molecule has 0 unspecified atom stereocenters. The highest BCUT2D eigenvalue weighted by Crippen LogP contribution is 2.22. The summed E-state index contributed by atoms with van der Waals surface area (Å²) >= 11 is 1.53. The molecule has 0 spiro atoms. The number of pyridine rings is 1. The van der Waals surface area contributed by atoms with Crippen LogP contribution in [0.2, 0.25) is 0 Å². The van der Waals surface area contributed by atoms with Gasteiger partial charge in [-0.3, -0.25) is 9.78 Å². The molecule has 0 aliphatic carbocycles. The van der Waals surface area contributed by atoms with Gasteiger partial charge in [0.05, 0.1) is 12.1 Å². The van der Waals surface area contributed by atoms with Crippen molar-refractivity contribution in [3.63, 3.8) is 0 Å². The van der Waals surface area contributed by atoms with E-state index in [1.54, 1.807) is 12.4 Å². The first-order valence-electron chi connectivity index (χ1n) is 5.41. The first-order chi connectivity index (χ1) is 8.29. The van der Waals surface area contributed by atoms with Crippen molar-refractivity contribution in [2.45, 2.75) is 13.3 Å². The second-order valence-electron chi connectivity index (χ2n) is 3.52. The summed E-state index contributed by atoms with van der Waals surface area (Å²) in [6.45, 7) is 2.55. The lowest BCUT2D eigenvalue weighted by atomic mass is 10.3. The molecule has 0 fully saturated rings. The SMILES string of the molecule is CCNC(=O)Cc1csc(-c2cccnc2)n1. The number of amides is 1. The highest BCUT2D eigenvalue weighted by atomic mass is 32.1. The van der Waals surface area contributed by atoms with Gasteiger partial charge in [0, 0.05) is 29.9 Å². The molecular weight excluding hydrogens is 234 g/mol. The van der Waals surface area contributed by atoms with Gasteiger partial charge >= 0.3 is 0 Å². The maximum atomic E-state index is 11.4. The first-order valence-corrected chi connectivity index (χ1v) is 6.29. The Morgan fingerprint density at radius 3 is 3.12 bits per heavy atom. The molecule has 2 heterocycles. The molecule has 0 aromatic carbocycles. The van der Waals surface area contributed by atoms with Crippen LogP contribution in [0.15, 0.2) is 29.9 Å². The predicted molar refractivity (Wildman–Crippen MR) is 67.7 cm³/mol. The highest BCUT2D eigenvalue weighted by Gasteiger charge is 2.08. The first kappa shape index (κ1) is 11.7.